The van der Waals surface area contributed by atoms with Crippen LogP contribution in [0, 0.1) is 0 Å². The number of carbonyl (C=O) groups is 4. The third-order valence-electron chi connectivity index (χ3n) is 3.51. The van der Waals surface area contributed by atoms with E-state index >= 15 is 0 Å². The van der Waals surface area contributed by atoms with E-state index < -0.39 is 29.9 Å². The maximum absolute atomic E-state index is 12.3. The molecule has 154 valence electrons. The van der Waals surface area contributed by atoms with Crippen LogP contribution in [0.1, 0.15) is 12.0 Å². The molecular formula is C18H25N3O6S. The van der Waals surface area contributed by atoms with Gasteiger partial charge in [0.25, 0.3) is 0 Å². The van der Waals surface area contributed by atoms with Crippen molar-refractivity contribution in [2.45, 2.75) is 19.1 Å². The highest BCUT2D eigenvalue weighted by Crippen LogP contribution is 2.04. The summed E-state index contributed by atoms with van der Waals surface area (Å²) in [7, 11) is 1.20. The van der Waals surface area contributed by atoms with Crippen LogP contribution in [0.25, 0.3) is 0 Å². The van der Waals surface area contributed by atoms with E-state index in [-0.39, 0.29) is 19.7 Å². The maximum Gasteiger partial charge on any atom is 0.408 e. The molecular weight excluding hydrogens is 386 g/mol. The number of rotatable bonds is 11. The lowest BCUT2D eigenvalue weighted by Crippen LogP contribution is -2.49. The first-order chi connectivity index (χ1) is 13.5. The predicted molar refractivity (Wildman–Crippen MR) is 105 cm³/mol. The monoisotopic (exact) mass is 411 g/mol. The first-order valence-corrected chi connectivity index (χ1v) is 9.93. The van der Waals surface area contributed by atoms with Gasteiger partial charge in [-0.3, -0.25) is 14.4 Å². The number of amides is 3. The Bertz CT molecular complexity index is 656. The number of methoxy groups -OCH3 is 1. The number of benzene rings is 1. The van der Waals surface area contributed by atoms with Crippen molar-refractivity contribution in [3.05, 3.63) is 35.9 Å². The Morgan fingerprint density at radius 1 is 1.07 bits per heavy atom. The number of hydrogen-bond donors (Lipinski definition) is 3. The summed E-state index contributed by atoms with van der Waals surface area (Å²) < 4.78 is 9.53. The molecule has 3 N–H and O–H groups in total. The first kappa shape index (κ1) is 23.3. The van der Waals surface area contributed by atoms with Crippen LogP contribution in [0.3, 0.4) is 0 Å². The van der Waals surface area contributed by atoms with Gasteiger partial charge in [0.05, 0.1) is 13.7 Å². The zero-order chi connectivity index (χ0) is 20.8. The number of hydrogen-bond acceptors (Lipinski definition) is 7. The Morgan fingerprint density at radius 2 is 1.79 bits per heavy atom. The van der Waals surface area contributed by atoms with E-state index in [1.165, 1.54) is 18.9 Å². The molecule has 0 aromatic heterocycles. The standard InChI is InChI=1S/C18H25N3O6S/c1-26-16(23)11-19-15(22)10-20-17(24)14(8-9-28-2)21-18(25)27-12-13-6-4-3-5-7-13/h3-7,14H,8-12H2,1-2H3,(H,19,22)(H,20,24)(H,21,25). The Morgan fingerprint density at radius 3 is 2.43 bits per heavy atom. The summed E-state index contributed by atoms with van der Waals surface area (Å²) in [6.45, 7) is -0.531. The maximum atomic E-state index is 12.3. The summed E-state index contributed by atoms with van der Waals surface area (Å²) >= 11 is 1.52. The summed E-state index contributed by atoms with van der Waals surface area (Å²) in [4.78, 5) is 46.9. The number of esters is 1. The van der Waals surface area contributed by atoms with Gasteiger partial charge in [0.1, 0.15) is 19.2 Å². The number of ether oxygens (including phenoxy) is 2. The minimum atomic E-state index is -0.843. The lowest BCUT2D eigenvalue weighted by molar-refractivity contribution is -0.141. The van der Waals surface area contributed by atoms with Crippen LogP contribution in [0.2, 0.25) is 0 Å². The molecule has 0 radical (unpaired) electrons. The lowest BCUT2D eigenvalue weighted by atomic mass is 10.2. The minimum absolute atomic E-state index is 0.0828. The molecule has 0 aliphatic heterocycles. The second-order valence-electron chi connectivity index (χ2n) is 5.61. The highest BCUT2D eigenvalue weighted by Gasteiger charge is 2.21. The predicted octanol–water partition coefficient (Wildman–Crippen LogP) is 0.440. The molecule has 0 aliphatic carbocycles. The smallest absolute Gasteiger partial charge is 0.408 e. The van der Waals surface area contributed by atoms with Crippen LogP contribution in [0.15, 0.2) is 30.3 Å². The summed E-state index contributed by atoms with van der Waals surface area (Å²) in [5.41, 5.74) is 0.824. The van der Waals surface area contributed by atoms with E-state index in [9.17, 15) is 19.2 Å². The fourth-order valence-corrected chi connectivity index (χ4v) is 2.48. The van der Waals surface area contributed by atoms with Crippen molar-refractivity contribution in [2.24, 2.45) is 0 Å². The van der Waals surface area contributed by atoms with Crippen molar-refractivity contribution in [1.82, 2.24) is 16.0 Å². The second kappa shape index (κ2) is 13.4. The normalized spacial score (nSPS) is 11.1. The van der Waals surface area contributed by atoms with E-state index in [1.54, 1.807) is 0 Å². The molecule has 1 rings (SSSR count). The number of nitrogens with one attached hydrogen (secondary N) is 3. The molecule has 3 amide bonds. The highest BCUT2D eigenvalue weighted by atomic mass is 32.2. The largest absolute Gasteiger partial charge is 0.468 e. The summed E-state index contributed by atoms with van der Waals surface area (Å²) in [5.74, 6) is -1.03. The van der Waals surface area contributed by atoms with Gasteiger partial charge in [0.15, 0.2) is 0 Å². The van der Waals surface area contributed by atoms with Gasteiger partial charge in [0.2, 0.25) is 11.8 Å². The fraction of sp³-hybridized carbons (Fsp3) is 0.444. The summed E-state index contributed by atoms with van der Waals surface area (Å²) in [5, 5.41) is 7.25. The van der Waals surface area contributed by atoms with E-state index in [4.69, 9.17) is 4.74 Å². The van der Waals surface area contributed by atoms with Crippen molar-refractivity contribution in [3.8, 4) is 0 Å². The van der Waals surface area contributed by atoms with Crippen LogP contribution in [-0.2, 0) is 30.5 Å². The van der Waals surface area contributed by atoms with Crippen LogP contribution < -0.4 is 16.0 Å². The van der Waals surface area contributed by atoms with Gasteiger partial charge in [-0.1, -0.05) is 30.3 Å². The summed E-state index contributed by atoms with van der Waals surface area (Å²) in [6.07, 6.45) is 1.53. The molecule has 1 unspecified atom stereocenters. The Labute approximate surface area is 167 Å². The quantitative estimate of drug-likeness (QED) is 0.452. The minimum Gasteiger partial charge on any atom is -0.468 e. The van der Waals surface area contributed by atoms with Crippen LogP contribution in [0.4, 0.5) is 4.79 Å². The Hall–Kier alpha value is -2.75. The number of thioether (sulfide) groups is 1. The first-order valence-electron chi connectivity index (χ1n) is 8.53. The molecule has 28 heavy (non-hydrogen) atoms. The molecule has 0 fully saturated rings. The number of alkyl carbamates (subject to hydrolysis) is 1. The zero-order valence-electron chi connectivity index (χ0n) is 15.9. The molecule has 0 bridgehead atoms. The Kier molecular flexibility index (Phi) is 11.2. The van der Waals surface area contributed by atoms with Crippen molar-refractivity contribution in [1.29, 1.82) is 0 Å². The molecule has 0 heterocycles. The molecule has 10 heteroatoms. The van der Waals surface area contributed by atoms with Crippen molar-refractivity contribution in [3.63, 3.8) is 0 Å². The van der Waals surface area contributed by atoms with Gasteiger partial charge in [-0.05, 0) is 24.0 Å². The SMILES string of the molecule is COC(=O)CNC(=O)CNC(=O)C(CCSC)NC(=O)OCc1ccccc1. The van der Waals surface area contributed by atoms with Crippen molar-refractivity contribution >= 4 is 35.6 Å². The lowest BCUT2D eigenvalue weighted by Gasteiger charge is -2.18. The molecule has 9 nitrogen and oxygen atoms in total. The van der Waals surface area contributed by atoms with Gasteiger partial charge < -0.3 is 25.4 Å². The van der Waals surface area contributed by atoms with Gasteiger partial charge in [-0.15, -0.1) is 0 Å². The Balaban J connectivity index is 2.46. The van der Waals surface area contributed by atoms with Crippen molar-refractivity contribution in [2.75, 3.05) is 32.2 Å². The molecule has 0 saturated heterocycles. The van der Waals surface area contributed by atoms with Gasteiger partial charge in [0, 0.05) is 0 Å². The van der Waals surface area contributed by atoms with Gasteiger partial charge in [-0.2, -0.15) is 11.8 Å². The molecule has 0 aliphatic rings. The van der Waals surface area contributed by atoms with E-state index in [0.29, 0.717) is 12.2 Å². The molecule has 1 aromatic carbocycles. The molecule has 1 aromatic rings. The van der Waals surface area contributed by atoms with E-state index in [0.717, 1.165) is 5.56 Å². The van der Waals surface area contributed by atoms with E-state index in [1.807, 2.05) is 36.6 Å². The third-order valence-corrected chi connectivity index (χ3v) is 4.16. The molecule has 0 saturated carbocycles. The van der Waals surface area contributed by atoms with Gasteiger partial charge >= 0.3 is 12.1 Å². The van der Waals surface area contributed by atoms with Crippen LogP contribution >= 0.6 is 11.8 Å². The van der Waals surface area contributed by atoms with Crippen LogP contribution in [0.5, 0.6) is 0 Å². The van der Waals surface area contributed by atoms with Gasteiger partial charge in [-0.25, -0.2) is 4.79 Å². The second-order valence-corrected chi connectivity index (χ2v) is 6.60. The summed E-state index contributed by atoms with van der Waals surface area (Å²) in [6, 6.07) is 8.31. The molecule has 0 spiro atoms. The molecule has 1 atom stereocenters. The van der Waals surface area contributed by atoms with E-state index in [2.05, 4.69) is 20.7 Å². The fourth-order valence-electron chi connectivity index (χ4n) is 2.01. The van der Waals surface area contributed by atoms with Crippen LogP contribution in [-0.4, -0.2) is 62.1 Å². The highest BCUT2D eigenvalue weighted by molar-refractivity contribution is 7.98. The average Bonchev–Trinajstić information content (AvgIpc) is 2.72. The topological polar surface area (TPSA) is 123 Å². The number of carbonyl (C=O) groups excluding carboxylic acids is 4. The van der Waals surface area contributed by atoms with Crippen molar-refractivity contribution < 1.29 is 28.7 Å². The average molecular weight is 411 g/mol. The zero-order valence-corrected chi connectivity index (χ0v) is 16.7. The third kappa shape index (κ3) is 9.81.